The van der Waals surface area contributed by atoms with E-state index in [0.717, 1.165) is 64.0 Å². The Bertz CT molecular complexity index is 1650. The van der Waals surface area contributed by atoms with Crippen LogP contribution in [0.1, 0.15) is 78.3 Å². The van der Waals surface area contributed by atoms with Crippen molar-refractivity contribution in [2.24, 2.45) is 0 Å². The molecule has 1 saturated heterocycles. The van der Waals surface area contributed by atoms with Crippen LogP contribution in [0.3, 0.4) is 0 Å². The third-order valence-corrected chi connectivity index (χ3v) is 8.56. The number of para-hydroxylation sites is 1. The molecule has 3 atom stereocenters. The predicted molar refractivity (Wildman–Crippen MR) is 175 cm³/mol. The monoisotopic (exact) mass is 571 g/mol. The molecule has 43 heavy (non-hydrogen) atoms. The standard InChI is InChI=1S/C38H41N3O2/c1-26(2)40-38(42)37-36(32-17-10-11-19-34(32)41(37)27(3)33-18-12-24-39-33)35(29-15-8-5-9-16-29)30-20-22-31(23-21-30)43-25-28-13-6-4-7-14-28/h4-11,13-17,19-23,26-27,33,35,39H,12,18,24-25H2,1-3H3,(H,40,42). The number of aromatic nitrogens is 1. The molecule has 220 valence electrons. The lowest BCUT2D eigenvalue weighted by molar-refractivity contribution is 0.0930. The average Bonchev–Trinajstić information content (AvgIpc) is 3.69. The van der Waals surface area contributed by atoms with E-state index in [4.69, 9.17) is 4.74 Å². The number of hydrogen-bond donors (Lipinski definition) is 2. The zero-order valence-electron chi connectivity index (χ0n) is 25.3. The van der Waals surface area contributed by atoms with Crippen LogP contribution in [0.15, 0.2) is 109 Å². The summed E-state index contributed by atoms with van der Waals surface area (Å²) >= 11 is 0. The zero-order valence-corrected chi connectivity index (χ0v) is 25.3. The van der Waals surface area contributed by atoms with E-state index in [1.165, 1.54) is 0 Å². The number of fused-ring (bicyclic) bond motifs is 1. The average molecular weight is 572 g/mol. The minimum absolute atomic E-state index is 0.0166. The molecule has 1 aromatic heterocycles. The first-order chi connectivity index (χ1) is 21.0. The van der Waals surface area contributed by atoms with Gasteiger partial charge in [-0.3, -0.25) is 4.79 Å². The summed E-state index contributed by atoms with van der Waals surface area (Å²) in [6.45, 7) is 7.83. The van der Waals surface area contributed by atoms with Gasteiger partial charge in [0.2, 0.25) is 0 Å². The number of ether oxygens (including phenoxy) is 1. The van der Waals surface area contributed by atoms with Gasteiger partial charge in [-0.1, -0.05) is 91.0 Å². The Balaban J connectivity index is 1.50. The highest BCUT2D eigenvalue weighted by molar-refractivity contribution is 6.03. The fraction of sp³-hybridized carbons (Fsp3) is 0.289. The third-order valence-electron chi connectivity index (χ3n) is 8.56. The van der Waals surface area contributed by atoms with Gasteiger partial charge in [-0.25, -0.2) is 0 Å². The normalized spacial score (nSPS) is 16.3. The van der Waals surface area contributed by atoms with Gasteiger partial charge in [0, 0.05) is 40.5 Å². The van der Waals surface area contributed by atoms with E-state index in [2.05, 4.69) is 94.9 Å². The largest absolute Gasteiger partial charge is 0.489 e. The highest BCUT2D eigenvalue weighted by Gasteiger charge is 2.34. The molecule has 0 bridgehead atoms. The summed E-state index contributed by atoms with van der Waals surface area (Å²) in [6.07, 6.45) is 2.25. The lowest BCUT2D eigenvalue weighted by atomic mass is 9.83. The van der Waals surface area contributed by atoms with Crippen LogP contribution in [-0.4, -0.2) is 29.1 Å². The van der Waals surface area contributed by atoms with E-state index < -0.39 is 0 Å². The van der Waals surface area contributed by atoms with Gasteiger partial charge in [0.05, 0.1) is 0 Å². The first kappa shape index (κ1) is 28.8. The maximum Gasteiger partial charge on any atom is 0.268 e. The zero-order chi connectivity index (χ0) is 29.8. The minimum Gasteiger partial charge on any atom is -0.489 e. The van der Waals surface area contributed by atoms with Crippen molar-refractivity contribution in [1.82, 2.24) is 15.2 Å². The van der Waals surface area contributed by atoms with E-state index in [9.17, 15) is 4.79 Å². The summed E-state index contributed by atoms with van der Waals surface area (Å²) < 4.78 is 8.44. The summed E-state index contributed by atoms with van der Waals surface area (Å²) in [7, 11) is 0. The second-order valence-electron chi connectivity index (χ2n) is 11.9. The number of carbonyl (C=O) groups excluding carboxylic acids is 1. The van der Waals surface area contributed by atoms with Crippen molar-refractivity contribution in [1.29, 1.82) is 0 Å². The Hall–Kier alpha value is -4.35. The minimum atomic E-state index is -0.146. The maximum atomic E-state index is 14.3. The molecular formula is C38H41N3O2. The van der Waals surface area contributed by atoms with E-state index in [0.29, 0.717) is 12.6 Å². The molecule has 5 heteroatoms. The van der Waals surface area contributed by atoms with E-state index in [-0.39, 0.29) is 23.9 Å². The number of hydrogen-bond acceptors (Lipinski definition) is 3. The summed E-state index contributed by atoms with van der Waals surface area (Å²) in [5, 5.41) is 8.05. The summed E-state index contributed by atoms with van der Waals surface area (Å²) in [4.78, 5) is 14.3. The molecule has 0 saturated carbocycles. The Morgan fingerprint density at radius 2 is 1.51 bits per heavy atom. The highest BCUT2D eigenvalue weighted by Crippen LogP contribution is 2.42. The Morgan fingerprint density at radius 1 is 0.860 bits per heavy atom. The van der Waals surface area contributed by atoms with Crippen LogP contribution in [-0.2, 0) is 6.61 Å². The van der Waals surface area contributed by atoms with Gasteiger partial charge in [-0.15, -0.1) is 0 Å². The Labute approximate surface area is 254 Å². The molecule has 1 fully saturated rings. The Morgan fingerprint density at radius 3 is 2.19 bits per heavy atom. The number of carbonyl (C=O) groups is 1. The number of rotatable bonds is 10. The van der Waals surface area contributed by atoms with Crippen LogP contribution >= 0.6 is 0 Å². The number of benzene rings is 4. The molecule has 0 aliphatic carbocycles. The van der Waals surface area contributed by atoms with Crippen molar-refractivity contribution in [3.05, 3.63) is 137 Å². The molecule has 2 heterocycles. The van der Waals surface area contributed by atoms with E-state index in [1.54, 1.807) is 0 Å². The molecule has 1 aliphatic rings. The molecule has 2 N–H and O–H groups in total. The van der Waals surface area contributed by atoms with Crippen LogP contribution in [0.25, 0.3) is 10.9 Å². The predicted octanol–water partition coefficient (Wildman–Crippen LogP) is 7.85. The van der Waals surface area contributed by atoms with Gasteiger partial charge in [-0.05, 0) is 75.0 Å². The van der Waals surface area contributed by atoms with Gasteiger partial charge in [0.25, 0.3) is 5.91 Å². The van der Waals surface area contributed by atoms with Crippen molar-refractivity contribution in [2.75, 3.05) is 6.54 Å². The van der Waals surface area contributed by atoms with E-state index in [1.807, 2.05) is 50.2 Å². The topological polar surface area (TPSA) is 55.3 Å². The number of nitrogens with zero attached hydrogens (tertiary/aromatic N) is 1. The van der Waals surface area contributed by atoms with Crippen molar-refractivity contribution in [3.8, 4) is 5.75 Å². The maximum absolute atomic E-state index is 14.3. The quantitative estimate of drug-likeness (QED) is 0.179. The number of amides is 1. The highest BCUT2D eigenvalue weighted by atomic mass is 16.5. The van der Waals surface area contributed by atoms with Gasteiger partial charge in [0.15, 0.2) is 0 Å². The fourth-order valence-corrected chi connectivity index (χ4v) is 6.54. The van der Waals surface area contributed by atoms with Crippen LogP contribution in [0, 0.1) is 0 Å². The fourth-order valence-electron chi connectivity index (χ4n) is 6.54. The summed E-state index contributed by atoms with van der Waals surface area (Å²) in [6, 6.07) is 38.1. The molecule has 5 nitrogen and oxygen atoms in total. The van der Waals surface area contributed by atoms with Gasteiger partial charge >= 0.3 is 0 Å². The van der Waals surface area contributed by atoms with Gasteiger partial charge < -0.3 is 19.9 Å². The molecule has 5 aromatic rings. The van der Waals surface area contributed by atoms with Crippen molar-refractivity contribution in [2.45, 2.75) is 64.3 Å². The third kappa shape index (κ3) is 6.09. The molecule has 4 aromatic carbocycles. The molecule has 0 spiro atoms. The summed E-state index contributed by atoms with van der Waals surface area (Å²) in [5.74, 6) is 0.641. The van der Waals surface area contributed by atoms with Crippen molar-refractivity contribution >= 4 is 16.8 Å². The van der Waals surface area contributed by atoms with Crippen LogP contribution in [0.5, 0.6) is 5.75 Å². The van der Waals surface area contributed by atoms with Gasteiger partial charge in [0.1, 0.15) is 18.1 Å². The second kappa shape index (κ2) is 12.9. The lowest BCUT2D eigenvalue weighted by Gasteiger charge is -2.26. The molecule has 3 unspecified atom stereocenters. The van der Waals surface area contributed by atoms with Crippen molar-refractivity contribution in [3.63, 3.8) is 0 Å². The van der Waals surface area contributed by atoms with Crippen LogP contribution in [0.4, 0.5) is 0 Å². The second-order valence-corrected chi connectivity index (χ2v) is 11.9. The molecular weight excluding hydrogens is 530 g/mol. The first-order valence-corrected chi connectivity index (χ1v) is 15.5. The molecule has 6 rings (SSSR count). The van der Waals surface area contributed by atoms with Crippen LogP contribution < -0.4 is 15.4 Å². The van der Waals surface area contributed by atoms with E-state index >= 15 is 0 Å². The summed E-state index contributed by atoms with van der Waals surface area (Å²) in [5.41, 5.74) is 6.28. The molecule has 1 aliphatic heterocycles. The molecule has 1 amide bonds. The SMILES string of the molecule is CC(C)NC(=O)c1c(C(c2ccccc2)c2ccc(OCc3ccccc3)cc2)c2ccccc2n1C(C)C1CCCN1. The Kier molecular flexibility index (Phi) is 8.62. The van der Waals surface area contributed by atoms with Crippen molar-refractivity contribution < 1.29 is 9.53 Å². The first-order valence-electron chi connectivity index (χ1n) is 15.5. The lowest BCUT2D eigenvalue weighted by Crippen LogP contribution is -2.36. The number of nitrogens with one attached hydrogen (secondary N) is 2. The van der Waals surface area contributed by atoms with Gasteiger partial charge in [-0.2, -0.15) is 0 Å². The van der Waals surface area contributed by atoms with Crippen LogP contribution in [0.2, 0.25) is 0 Å². The smallest absolute Gasteiger partial charge is 0.268 e. The molecule has 0 radical (unpaired) electrons.